The Hall–Kier alpha value is -10.4. The van der Waals surface area contributed by atoms with Gasteiger partial charge in [0.25, 0.3) is 0 Å². The molecule has 12 atom stereocenters. The van der Waals surface area contributed by atoms with Crippen LogP contribution in [0.25, 0.3) is 66.2 Å². The molecule has 18 heteroatoms. The molecule has 18 nitrogen and oxygen atoms in total. The van der Waals surface area contributed by atoms with Crippen molar-refractivity contribution < 1.29 is 32.9 Å². The minimum Gasteiger partial charge on any atom is -0.412 e. The van der Waals surface area contributed by atoms with E-state index < -0.39 is 0 Å². The quantitative estimate of drug-likeness (QED) is 0.137. The first-order valence-corrected chi connectivity index (χ1v) is 32.7. The van der Waals surface area contributed by atoms with E-state index in [0.29, 0.717) is 0 Å². The van der Waals surface area contributed by atoms with Crippen molar-refractivity contribution in [3.63, 3.8) is 0 Å². The average Bonchev–Trinajstić information content (AvgIpc) is 1.48. The second-order valence-electron chi connectivity index (χ2n) is 27.9. The van der Waals surface area contributed by atoms with Gasteiger partial charge in [-0.1, -0.05) is 72.8 Å². The molecule has 0 amide bonds. The molecule has 26 rings (SSSR count). The Labute approximate surface area is 546 Å². The molecule has 12 aliphatic carbocycles. The number of fused-ring (bicyclic) bond motifs is 60. The third-order valence-electron chi connectivity index (χ3n) is 24.2. The first-order valence-electron chi connectivity index (χ1n) is 32.7. The number of rotatable bonds is 0. The van der Waals surface area contributed by atoms with Crippen LogP contribution in [-0.4, -0.2) is 92.7 Å². The minimum absolute atomic E-state index is 0. The van der Waals surface area contributed by atoms with Crippen molar-refractivity contribution in [1.29, 1.82) is 0 Å². The van der Waals surface area contributed by atoms with E-state index >= 15 is 0 Å². The number of hydrogen-bond donors (Lipinski definition) is 0. The van der Waals surface area contributed by atoms with Crippen LogP contribution in [0.1, 0.15) is 245 Å². The van der Waals surface area contributed by atoms with Crippen LogP contribution < -0.4 is 0 Å². The van der Waals surface area contributed by atoms with Crippen molar-refractivity contribution in [2.24, 2.45) is 0 Å². The van der Waals surface area contributed by atoms with Gasteiger partial charge in [-0.05, 0) is 178 Å². The molecule has 14 aromatic rings. The zero-order valence-corrected chi connectivity index (χ0v) is 51.4. The number of nitrogens with zero attached hydrogens (tertiary/aromatic N) is 12. The molecule has 96 heavy (non-hydrogen) atoms. The van der Waals surface area contributed by atoms with Crippen molar-refractivity contribution >= 4 is 66.2 Å². The molecule has 6 aromatic heterocycles. The van der Waals surface area contributed by atoms with E-state index in [4.69, 9.17) is 59.8 Å². The van der Waals surface area contributed by atoms with E-state index in [1.54, 1.807) is 66.8 Å². The summed E-state index contributed by atoms with van der Waals surface area (Å²) in [5.41, 5.74) is 45.2. The zero-order chi connectivity index (χ0) is 57.4. The molecule has 6 heterocycles. The number of hydrogen-bond acceptors (Lipinski definition) is 12. The molecule has 0 spiro atoms. The molecule has 0 unspecified atom stereocenters. The summed E-state index contributed by atoms with van der Waals surface area (Å²) in [5.74, 6) is 3.43. The van der Waals surface area contributed by atoms with E-state index in [-0.39, 0.29) is 104 Å². The van der Waals surface area contributed by atoms with Crippen LogP contribution in [0.4, 0.5) is 0 Å². The Bertz CT molecular complexity index is 4620. The molecule has 0 aliphatic heterocycles. The highest BCUT2D eigenvalue weighted by Crippen LogP contribution is 2.73. The van der Waals surface area contributed by atoms with Gasteiger partial charge in [0.15, 0.2) is 0 Å². The van der Waals surface area contributed by atoms with Crippen molar-refractivity contribution in [2.75, 3.05) is 0 Å². The highest BCUT2D eigenvalue weighted by Gasteiger charge is 2.61. The summed E-state index contributed by atoms with van der Waals surface area (Å²) in [6.07, 6.45) is 6.45. The normalized spacial score (nSPS) is 24.8. The SMILES string of the molecule is O.O.O.O.O.O.c1ccc2nc3c(nc2c1)[C@H]1C[C@@H]3c2c1c1c(c3c2[C@@H]2C[C@H]3c3nc4ccccc4nc32)[C@@H]2C[C@H]1c1nc3ccccc3nc12.c1ccc2nc3c(nc2c1)[C@H]1C[C@@H]3c2c1c1c(c3c2[C@@H]2C[C@H]3c3nc4ccccc4nc32)[C@@H]2C[C@H]1c1nc3ccccc3nc12. The summed E-state index contributed by atoms with van der Waals surface area (Å²) >= 11 is 0. The fraction of sp³-hybridized carbons (Fsp3) is 0.231. The van der Waals surface area contributed by atoms with Gasteiger partial charge in [0.2, 0.25) is 0 Å². The van der Waals surface area contributed by atoms with Crippen LogP contribution in [0.5, 0.6) is 0 Å². The lowest BCUT2D eigenvalue weighted by Gasteiger charge is -2.33. The molecule has 12 bridgehead atoms. The van der Waals surface area contributed by atoms with Crippen molar-refractivity contribution in [3.8, 4) is 0 Å². The number of para-hydroxylation sites is 12. The van der Waals surface area contributed by atoms with Gasteiger partial charge in [0, 0.05) is 71.0 Å². The number of benzene rings is 8. The molecule has 0 saturated heterocycles. The minimum atomic E-state index is 0. The maximum Gasteiger partial charge on any atom is 0.0890 e. The summed E-state index contributed by atoms with van der Waals surface area (Å²) in [6.45, 7) is 0. The van der Waals surface area contributed by atoms with Crippen molar-refractivity contribution in [2.45, 2.75) is 110 Å². The summed E-state index contributed by atoms with van der Waals surface area (Å²) in [4.78, 5) is 63.7. The Morgan fingerprint density at radius 2 is 0.229 bits per heavy atom. The smallest absolute Gasteiger partial charge is 0.0890 e. The number of aromatic nitrogens is 12. The van der Waals surface area contributed by atoms with Gasteiger partial charge in [-0.2, -0.15) is 0 Å². The highest BCUT2D eigenvalue weighted by molar-refractivity contribution is 5.86. The van der Waals surface area contributed by atoms with Crippen LogP contribution in [0.2, 0.25) is 0 Å². The van der Waals surface area contributed by atoms with Crippen LogP contribution in [0, 0.1) is 0 Å². The summed E-state index contributed by atoms with van der Waals surface area (Å²) in [5, 5.41) is 0. The second-order valence-corrected chi connectivity index (χ2v) is 27.9. The van der Waals surface area contributed by atoms with Gasteiger partial charge in [-0.15, -0.1) is 0 Å². The largest absolute Gasteiger partial charge is 0.412 e. The maximum atomic E-state index is 5.31. The Morgan fingerprint density at radius 3 is 0.312 bits per heavy atom. The van der Waals surface area contributed by atoms with Crippen LogP contribution in [-0.2, 0) is 0 Å². The molecule has 12 N–H and O–H groups in total. The lowest BCUT2D eigenvalue weighted by molar-refractivity contribution is 0.756. The predicted molar refractivity (Wildman–Crippen MR) is 362 cm³/mol. The van der Waals surface area contributed by atoms with Gasteiger partial charge in [0.05, 0.1) is 135 Å². The molecule has 12 aliphatic rings. The Balaban J connectivity index is 0.000000127. The van der Waals surface area contributed by atoms with Crippen molar-refractivity contribution in [1.82, 2.24) is 59.8 Å². The first-order chi connectivity index (χ1) is 44.6. The zero-order valence-electron chi connectivity index (χ0n) is 51.4. The monoisotopic (exact) mass is 1260 g/mol. The second kappa shape index (κ2) is 19.2. The summed E-state index contributed by atoms with van der Waals surface area (Å²) < 4.78 is 0. The van der Waals surface area contributed by atoms with E-state index in [1.807, 2.05) is 0 Å². The molecule has 468 valence electrons. The molecular weight excluding hydrogens is 1200 g/mol. The topological polar surface area (TPSA) is 344 Å². The van der Waals surface area contributed by atoms with E-state index in [2.05, 4.69) is 146 Å². The lowest BCUT2D eigenvalue weighted by atomic mass is 9.72. The summed E-state index contributed by atoms with van der Waals surface area (Å²) in [7, 11) is 0. The summed E-state index contributed by atoms with van der Waals surface area (Å²) in [6, 6.07) is 50.3. The predicted octanol–water partition coefficient (Wildman–Crippen LogP) is 9.97. The molecule has 0 fully saturated rings. The fourth-order valence-electron chi connectivity index (χ4n) is 21.3. The van der Waals surface area contributed by atoms with E-state index in [0.717, 1.165) is 105 Å². The van der Waals surface area contributed by atoms with Gasteiger partial charge in [0.1, 0.15) is 0 Å². The van der Waals surface area contributed by atoms with Crippen LogP contribution >= 0.6 is 0 Å². The first kappa shape index (κ1) is 57.0. The van der Waals surface area contributed by atoms with Gasteiger partial charge in [-0.3, -0.25) is 0 Å². The molecule has 0 radical (unpaired) electrons. The Kier molecular flexibility index (Phi) is 11.4. The Morgan fingerprint density at radius 1 is 0.146 bits per heavy atom. The molecular formula is C78H60N12O6. The van der Waals surface area contributed by atoms with Gasteiger partial charge < -0.3 is 32.9 Å². The third kappa shape index (κ3) is 6.52. The van der Waals surface area contributed by atoms with Crippen LogP contribution in [0.3, 0.4) is 0 Å². The van der Waals surface area contributed by atoms with E-state index in [1.165, 1.54) is 68.3 Å². The maximum absolute atomic E-state index is 5.31. The fourth-order valence-corrected chi connectivity index (χ4v) is 21.3. The molecule has 8 aromatic carbocycles. The molecule has 0 saturated carbocycles. The van der Waals surface area contributed by atoms with E-state index in [9.17, 15) is 0 Å². The van der Waals surface area contributed by atoms with Crippen molar-refractivity contribution in [3.05, 3.63) is 281 Å². The van der Waals surface area contributed by atoms with Gasteiger partial charge in [-0.25, -0.2) is 59.8 Å². The standard InChI is InChI=1S/2C39H24N6.6H2O/c2*1-2-8-23-22(7-1)40-34-16-13-17(35(34)41-23)29-28(16)30-18-14-20(38-36(18)42-24-9-3-4-10-25(24)44-38)32(30)33-21-15-19(31(29)33)37-39(21)45-27-12-6-5-11-26(27)43-37;;;;;;/h2*1-12,16-21H,13-15H2;6*1H2/t2*16-,17+,18+,19-,20-,21+;;;;;;. The lowest BCUT2D eigenvalue weighted by Crippen LogP contribution is -2.21. The van der Waals surface area contributed by atoms with Gasteiger partial charge >= 0.3 is 0 Å². The average molecular weight is 1260 g/mol. The van der Waals surface area contributed by atoms with Crippen LogP contribution in [0.15, 0.2) is 146 Å². The highest BCUT2D eigenvalue weighted by atomic mass is 16.0. The third-order valence-corrected chi connectivity index (χ3v) is 24.2.